The molecule has 0 spiro atoms. The second kappa shape index (κ2) is 9.62. The zero-order chi connectivity index (χ0) is 18.2. The van der Waals surface area contributed by atoms with Crippen molar-refractivity contribution in [3.05, 3.63) is 70.3 Å². The molecule has 0 fully saturated rings. The third kappa shape index (κ3) is 4.85. The molecule has 0 heterocycles. The number of hydrogen-bond acceptors (Lipinski definition) is 2. The second-order valence-electron chi connectivity index (χ2n) is 5.99. The van der Waals surface area contributed by atoms with E-state index in [9.17, 15) is 4.79 Å². The number of aryl methyl sites for hydroxylation is 1. The van der Waals surface area contributed by atoms with E-state index in [1.54, 1.807) is 17.8 Å². The summed E-state index contributed by atoms with van der Waals surface area (Å²) in [5.74, 6) is 1.10. The van der Waals surface area contributed by atoms with Crippen LogP contribution in [0.5, 0.6) is 0 Å². The highest BCUT2D eigenvalue weighted by atomic mass is 32.2. The molecule has 0 N–H and O–H groups in total. The molecule has 0 amide bonds. The van der Waals surface area contributed by atoms with Crippen LogP contribution in [0, 0.1) is 0 Å². The normalized spacial score (nSPS) is 11.2. The van der Waals surface area contributed by atoms with E-state index in [2.05, 4.69) is 39.8 Å². The van der Waals surface area contributed by atoms with Gasteiger partial charge in [0.2, 0.25) is 0 Å². The second-order valence-corrected chi connectivity index (χ2v) is 7.32. The first-order chi connectivity index (χ1) is 12.1. The van der Waals surface area contributed by atoms with Crippen LogP contribution in [0.3, 0.4) is 0 Å². The molecule has 0 radical (unpaired) electrons. The van der Waals surface area contributed by atoms with Gasteiger partial charge in [-0.3, -0.25) is 4.79 Å². The van der Waals surface area contributed by atoms with Crippen molar-refractivity contribution in [2.75, 3.05) is 5.75 Å². The van der Waals surface area contributed by atoms with Crippen LogP contribution in [0.4, 0.5) is 0 Å². The average Bonchev–Trinajstić information content (AvgIpc) is 2.65. The Hall–Kier alpha value is -1.80. The van der Waals surface area contributed by atoms with E-state index < -0.39 is 0 Å². The standard InChI is InChI=1S/C23H28OS/c1-5-17-9-10-18(22(7-3)21(17)6-2)13-16-23(24)19-11-14-20(15-12-19)25-8-4/h9-16H,5-8H2,1-4H3/b16-13+. The first-order valence-electron chi connectivity index (χ1n) is 9.23. The maximum Gasteiger partial charge on any atom is 0.185 e. The Labute approximate surface area is 156 Å². The van der Waals surface area contributed by atoms with Crippen molar-refractivity contribution < 1.29 is 4.79 Å². The van der Waals surface area contributed by atoms with E-state index >= 15 is 0 Å². The number of benzene rings is 2. The number of thioether (sulfide) groups is 1. The van der Waals surface area contributed by atoms with Crippen LogP contribution >= 0.6 is 11.8 Å². The first-order valence-corrected chi connectivity index (χ1v) is 10.2. The molecule has 2 aromatic carbocycles. The number of carbonyl (C=O) groups is 1. The van der Waals surface area contributed by atoms with E-state index in [0.717, 1.165) is 30.6 Å². The highest BCUT2D eigenvalue weighted by Gasteiger charge is 2.09. The Kier molecular flexibility index (Phi) is 7.52. The Morgan fingerprint density at radius 2 is 1.56 bits per heavy atom. The maximum absolute atomic E-state index is 12.5. The lowest BCUT2D eigenvalue weighted by Crippen LogP contribution is -2.01. The number of allylic oxidation sites excluding steroid dienone is 1. The van der Waals surface area contributed by atoms with Crippen molar-refractivity contribution >= 4 is 23.6 Å². The molecule has 132 valence electrons. The molecule has 2 rings (SSSR count). The average molecular weight is 353 g/mol. The number of rotatable bonds is 8. The summed E-state index contributed by atoms with van der Waals surface area (Å²) in [6.07, 6.45) is 6.78. The van der Waals surface area contributed by atoms with Gasteiger partial charge in [0.1, 0.15) is 0 Å². The minimum Gasteiger partial charge on any atom is -0.289 e. The van der Waals surface area contributed by atoms with Crippen LogP contribution < -0.4 is 0 Å². The van der Waals surface area contributed by atoms with Gasteiger partial charge in [0.05, 0.1) is 0 Å². The number of ketones is 1. The lowest BCUT2D eigenvalue weighted by atomic mass is 9.91. The quantitative estimate of drug-likeness (QED) is 0.311. The largest absolute Gasteiger partial charge is 0.289 e. The summed E-state index contributed by atoms with van der Waals surface area (Å²) in [6.45, 7) is 8.74. The maximum atomic E-state index is 12.5. The van der Waals surface area contributed by atoms with Gasteiger partial charge in [-0.2, -0.15) is 0 Å². The summed E-state index contributed by atoms with van der Waals surface area (Å²) in [4.78, 5) is 13.7. The summed E-state index contributed by atoms with van der Waals surface area (Å²) in [6, 6.07) is 12.3. The van der Waals surface area contributed by atoms with Crippen molar-refractivity contribution in [3.8, 4) is 0 Å². The van der Waals surface area contributed by atoms with E-state index in [-0.39, 0.29) is 5.78 Å². The summed E-state index contributed by atoms with van der Waals surface area (Å²) < 4.78 is 0. The Balaban J connectivity index is 2.24. The molecule has 0 saturated carbocycles. The molecule has 0 aliphatic carbocycles. The van der Waals surface area contributed by atoms with Gasteiger partial charge in [0.25, 0.3) is 0 Å². The van der Waals surface area contributed by atoms with Crippen LogP contribution in [0.1, 0.15) is 60.3 Å². The molecule has 2 aromatic rings. The van der Waals surface area contributed by atoms with Gasteiger partial charge in [-0.05, 0) is 77.6 Å². The topological polar surface area (TPSA) is 17.1 Å². The summed E-state index contributed by atoms with van der Waals surface area (Å²) in [5.41, 5.74) is 6.16. The Morgan fingerprint density at radius 3 is 2.12 bits per heavy atom. The first kappa shape index (κ1) is 19.5. The highest BCUT2D eigenvalue weighted by Crippen LogP contribution is 2.23. The van der Waals surface area contributed by atoms with Crippen LogP contribution in [-0.4, -0.2) is 11.5 Å². The van der Waals surface area contributed by atoms with E-state index in [1.807, 2.05) is 30.3 Å². The van der Waals surface area contributed by atoms with E-state index in [0.29, 0.717) is 0 Å². The summed E-state index contributed by atoms with van der Waals surface area (Å²) in [5, 5.41) is 0. The van der Waals surface area contributed by atoms with Gasteiger partial charge in [-0.15, -0.1) is 11.8 Å². The Morgan fingerprint density at radius 1 is 0.880 bits per heavy atom. The highest BCUT2D eigenvalue weighted by molar-refractivity contribution is 7.99. The van der Waals surface area contributed by atoms with Gasteiger partial charge in [0, 0.05) is 10.5 Å². The van der Waals surface area contributed by atoms with Crippen LogP contribution in [-0.2, 0) is 19.3 Å². The minimum atomic E-state index is 0.0627. The van der Waals surface area contributed by atoms with Gasteiger partial charge < -0.3 is 0 Å². The molecule has 0 aliphatic rings. The monoisotopic (exact) mass is 352 g/mol. The molecule has 0 atom stereocenters. The summed E-state index contributed by atoms with van der Waals surface area (Å²) >= 11 is 1.79. The van der Waals surface area contributed by atoms with Crippen molar-refractivity contribution in [2.24, 2.45) is 0 Å². The lowest BCUT2D eigenvalue weighted by Gasteiger charge is -2.14. The van der Waals surface area contributed by atoms with E-state index in [4.69, 9.17) is 0 Å². The number of carbonyl (C=O) groups excluding carboxylic acids is 1. The third-order valence-corrected chi connectivity index (χ3v) is 5.41. The molecule has 2 heteroatoms. The van der Waals surface area contributed by atoms with Gasteiger partial charge in [0.15, 0.2) is 5.78 Å². The molecular formula is C23H28OS. The van der Waals surface area contributed by atoms with Crippen molar-refractivity contribution in [3.63, 3.8) is 0 Å². The van der Waals surface area contributed by atoms with Crippen LogP contribution in [0.2, 0.25) is 0 Å². The zero-order valence-electron chi connectivity index (χ0n) is 15.8. The predicted octanol–water partition coefficient (Wildman–Crippen LogP) is 6.38. The predicted molar refractivity (Wildman–Crippen MR) is 111 cm³/mol. The van der Waals surface area contributed by atoms with Crippen molar-refractivity contribution in [1.82, 2.24) is 0 Å². The van der Waals surface area contributed by atoms with Crippen LogP contribution in [0.25, 0.3) is 6.08 Å². The van der Waals surface area contributed by atoms with Crippen LogP contribution in [0.15, 0.2) is 47.4 Å². The molecule has 0 aliphatic heterocycles. The fraction of sp³-hybridized carbons (Fsp3) is 0.348. The van der Waals surface area contributed by atoms with Gasteiger partial charge in [-0.25, -0.2) is 0 Å². The molecule has 25 heavy (non-hydrogen) atoms. The lowest BCUT2D eigenvalue weighted by molar-refractivity contribution is 0.104. The minimum absolute atomic E-state index is 0.0627. The molecule has 0 saturated heterocycles. The van der Waals surface area contributed by atoms with Gasteiger partial charge >= 0.3 is 0 Å². The van der Waals surface area contributed by atoms with E-state index in [1.165, 1.54) is 27.1 Å². The van der Waals surface area contributed by atoms with Gasteiger partial charge in [-0.1, -0.05) is 45.9 Å². The Bertz CT molecular complexity index is 741. The molecular weight excluding hydrogens is 324 g/mol. The summed E-state index contributed by atoms with van der Waals surface area (Å²) in [7, 11) is 0. The fourth-order valence-electron chi connectivity index (χ4n) is 3.25. The smallest absolute Gasteiger partial charge is 0.185 e. The SMILES string of the molecule is CCSc1ccc(C(=O)/C=C/c2ccc(CC)c(CC)c2CC)cc1. The molecule has 0 aromatic heterocycles. The number of hydrogen-bond donors (Lipinski definition) is 0. The fourth-order valence-corrected chi connectivity index (χ4v) is 3.91. The molecule has 0 bridgehead atoms. The third-order valence-electron chi connectivity index (χ3n) is 4.52. The van der Waals surface area contributed by atoms with Crippen molar-refractivity contribution in [1.29, 1.82) is 0 Å². The molecule has 0 unspecified atom stereocenters. The van der Waals surface area contributed by atoms with Crippen molar-refractivity contribution in [2.45, 2.75) is 51.9 Å². The molecule has 1 nitrogen and oxygen atoms in total. The zero-order valence-corrected chi connectivity index (χ0v) is 16.6.